The molecule has 3 heterocycles. The van der Waals surface area contributed by atoms with Crippen molar-refractivity contribution in [2.24, 2.45) is 11.8 Å². The summed E-state index contributed by atoms with van der Waals surface area (Å²) in [6.07, 6.45) is -3.47. The number of alkyl carbamates (subject to hydrolysis) is 1. The molecule has 342 valence electrons. The molecule has 2 aliphatic heterocycles. The highest BCUT2D eigenvalue weighted by Crippen LogP contribution is 2.48. The van der Waals surface area contributed by atoms with E-state index in [0.29, 0.717) is 42.4 Å². The molecule has 0 spiro atoms. The minimum Gasteiger partial charge on any atom is -0.481 e. The molecular weight excluding hydrogens is 837 g/mol. The Kier molecular flexibility index (Phi) is 17.0. The number of nitrogens with one attached hydrogen (secondary N) is 3. The third kappa shape index (κ3) is 13.8. The zero-order valence-corrected chi connectivity index (χ0v) is 38.0. The van der Waals surface area contributed by atoms with E-state index < -0.39 is 67.0 Å². The Morgan fingerprint density at radius 2 is 1.79 bits per heavy atom. The first-order valence-electron chi connectivity index (χ1n) is 20.9. The summed E-state index contributed by atoms with van der Waals surface area (Å²) in [5.41, 5.74) is -0.794. The van der Waals surface area contributed by atoms with E-state index in [1.807, 2.05) is 13.8 Å². The standard InChI is InChI=1S/C41H63FN5O12PS/c1-9-56-60(50,57-10-2)25-55-29-13-11-28(12-14-29)19-32(46-40(49)59-35-17-18-53-38-37(35)33(23-54-38)43-21-26(3)4)34(48)22-47(24-41(7,8)42)61(51,52)30-15-16-31-36(20-30)58-39(45-31)44-27(5)6/h11-16,20,26-27,32-35,37-38,43,48H,9-10,17-19,21-25H2,1-8H3,(H,44,45)(H,46,49)/t32-,33-,34+,35-,37-,38-/m0/s1. The van der Waals surface area contributed by atoms with Crippen LogP contribution in [0.15, 0.2) is 51.8 Å². The van der Waals surface area contributed by atoms with E-state index in [4.69, 9.17) is 32.4 Å². The predicted molar refractivity (Wildman–Crippen MR) is 227 cm³/mol. The molecule has 2 aliphatic rings. The van der Waals surface area contributed by atoms with Crippen molar-refractivity contribution in [1.29, 1.82) is 0 Å². The number of anilines is 1. The fourth-order valence-corrected chi connectivity index (χ4v) is 10.1. The number of aliphatic hydroxyl groups excluding tert-OH is 1. The number of alkyl halides is 1. The fourth-order valence-electron chi connectivity index (χ4n) is 7.18. The number of benzene rings is 2. The van der Waals surface area contributed by atoms with Crippen LogP contribution in [-0.2, 0) is 44.3 Å². The maximum Gasteiger partial charge on any atom is 0.407 e. The lowest BCUT2D eigenvalue weighted by molar-refractivity contribution is -0.180. The van der Waals surface area contributed by atoms with Crippen molar-refractivity contribution in [3.8, 4) is 5.75 Å². The van der Waals surface area contributed by atoms with Gasteiger partial charge in [-0.2, -0.15) is 9.29 Å². The number of oxazole rings is 1. The van der Waals surface area contributed by atoms with E-state index >= 15 is 4.39 Å². The van der Waals surface area contributed by atoms with Crippen LogP contribution in [-0.4, -0.2) is 124 Å². The number of nitrogens with zero attached hydrogens (tertiary/aromatic N) is 2. The van der Waals surface area contributed by atoms with Gasteiger partial charge in [0.2, 0.25) is 10.0 Å². The molecule has 0 aliphatic carbocycles. The van der Waals surface area contributed by atoms with Crippen molar-refractivity contribution in [3.63, 3.8) is 0 Å². The molecule has 0 radical (unpaired) electrons. The van der Waals surface area contributed by atoms with Gasteiger partial charge in [-0.3, -0.25) is 4.57 Å². The van der Waals surface area contributed by atoms with Gasteiger partial charge in [0.15, 0.2) is 18.2 Å². The predicted octanol–water partition coefficient (Wildman–Crippen LogP) is 6.06. The summed E-state index contributed by atoms with van der Waals surface area (Å²) in [5.74, 6) is 0.443. The molecule has 2 saturated heterocycles. The fraction of sp³-hybridized carbons (Fsp3) is 0.659. The molecule has 0 bridgehead atoms. The summed E-state index contributed by atoms with van der Waals surface area (Å²) in [6, 6.07) is 9.72. The lowest BCUT2D eigenvalue weighted by Crippen LogP contribution is -2.54. The number of hydrogen-bond acceptors (Lipinski definition) is 15. The number of amides is 1. The Hall–Kier alpha value is -3.39. The number of ether oxygens (including phenoxy) is 4. The number of hydrogen-bond donors (Lipinski definition) is 4. The molecule has 6 atom stereocenters. The van der Waals surface area contributed by atoms with E-state index in [1.165, 1.54) is 32.0 Å². The average Bonchev–Trinajstić information content (AvgIpc) is 3.79. The molecule has 1 aromatic heterocycles. The molecule has 1 amide bonds. The highest BCUT2D eigenvalue weighted by atomic mass is 32.2. The minimum absolute atomic E-state index is 0.00298. The molecule has 2 aromatic carbocycles. The Labute approximate surface area is 358 Å². The molecule has 2 fully saturated rings. The van der Waals surface area contributed by atoms with Gasteiger partial charge in [-0.05, 0) is 90.3 Å². The van der Waals surface area contributed by atoms with Crippen molar-refractivity contribution < 1.29 is 59.7 Å². The summed E-state index contributed by atoms with van der Waals surface area (Å²) >= 11 is 0. The van der Waals surface area contributed by atoms with E-state index in [2.05, 4.69) is 34.8 Å². The van der Waals surface area contributed by atoms with Crippen LogP contribution < -0.4 is 20.7 Å². The number of halogens is 1. The van der Waals surface area contributed by atoms with E-state index in [-0.39, 0.29) is 60.5 Å². The van der Waals surface area contributed by atoms with Gasteiger partial charge in [-0.25, -0.2) is 17.6 Å². The second-order valence-corrected chi connectivity index (χ2v) is 20.6. The summed E-state index contributed by atoms with van der Waals surface area (Å²) in [6.45, 7) is 14.4. The van der Waals surface area contributed by atoms with Crippen LogP contribution in [0.5, 0.6) is 5.75 Å². The normalized spacial score (nSPS) is 20.9. The third-order valence-corrected chi connectivity index (χ3v) is 13.5. The molecule has 0 saturated carbocycles. The number of aliphatic hydroxyl groups is 1. The van der Waals surface area contributed by atoms with Crippen molar-refractivity contribution in [1.82, 2.24) is 19.9 Å². The van der Waals surface area contributed by atoms with Gasteiger partial charge in [0.1, 0.15) is 23.0 Å². The number of carbonyl (C=O) groups is 1. The molecule has 5 rings (SSSR count). The van der Waals surface area contributed by atoms with Crippen molar-refractivity contribution in [2.45, 2.75) is 115 Å². The molecule has 61 heavy (non-hydrogen) atoms. The van der Waals surface area contributed by atoms with Gasteiger partial charge >= 0.3 is 13.7 Å². The van der Waals surface area contributed by atoms with Gasteiger partial charge in [0.25, 0.3) is 6.01 Å². The van der Waals surface area contributed by atoms with E-state index in [0.717, 1.165) is 10.8 Å². The summed E-state index contributed by atoms with van der Waals surface area (Å²) in [5, 5.41) is 21.3. The number of rotatable bonds is 23. The topological polar surface area (TPSA) is 209 Å². The van der Waals surface area contributed by atoms with Crippen LogP contribution in [0.1, 0.15) is 67.4 Å². The highest BCUT2D eigenvalue weighted by molar-refractivity contribution is 7.89. The first kappa shape index (κ1) is 48.6. The number of aromatic nitrogens is 1. The number of fused-ring (bicyclic) bond motifs is 2. The molecule has 17 nitrogen and oxygen atoms in total. The van der Waals surface area contributed by atoms with E-state index in [9.17, 15) is 22.9 Å². The van der Waals surface area contributed by atoms with Crippen LogP contribution in [0.3, 0.4) is 0 Å². The molecule has 3 aromatic rings. The monoisotopic (exact) mass is 899 g/mol. The van der Waals surface area contributed by atoms with Gasteiger partial charge in [0, 0.05) is 37.7 Å². The summed E-state index contributed by atoms with van der Waals surface area (Å²) in [7, 11) is -7.96. The lowest BCUT2D eigenvalue weighted by atomic mass is 9.91. The van der Waals surface area contributed by atoms with Gasteiger partial charge in [-0.1, -0.05) is 26.0 Å². The van der Waals surface area contributed by atoms with Crippen LogP contribution in [0, 0.1) is 11.8 Å². The zero-order valence-electron chi connectivity index (χ0n) is 36.3. The maximum absolute atomic E-state index is 15.4. The van der Waals surface area contributed by atoms with Crippen LogP contribution in [0.4, 0.5) is 15.2 Å². The minimum atomic E-state index is -4.47. The Morgan fingerprint density at radius 3 is 2.43 bits per heavy atom. The van der Waals surface area contributed by atoms with Crippen LogP contribution in [0.25, 0.3) is 11.1 Å². The van der Waals surface area contributed by atoms with Crippen molar-refractivity contribution in [3.05, 3.63) is 48.0 Å². The van der Waals surface area contributed by atoms with E-state index in [1.54, 1.807) is 38.1 Å². The lowest BCUT2D eigenvalue weighted by Gasteiger charge is -2.36. The van der Waals surface area contributed by atoms with Gasteiger partial charge < -0.3 is 53.5 Å². The largest absolute Gasteiger partial charge is 0.481 e. The summed E-state index contributed by atoms with van der Waals surface area (Å²) in [4.78, 5) is 18.0. The number of carbonyl (C=O) groups excluding carboxylic acids is 1. The van der Waals surface area contributed by atoms with Crippen LogP contribution in [0.2, 0.25) is 0 Å². The SMILES string of the molecule is CCOP(=O)(COc1ccc(C[C@H](NC(=O)O[C@H]2CCO[C@H]3OC[C@H](NCC(C)C)[C@H]32)[C@H](O)CN(CC(C)(C)F)S(=O)(=O)c2ccc3nc(NC(C)C)oc3c2)cc1)OCC. The van der Waals surface area contributed by atoms with Gasteiger partial charge in [-0.15, -0.1) is 0 Å². The zero-order chi connectivity index (χ0) is 44.5. The molecular formula is C41H63FN5O12PS. The molecule has 4 N–H and O–H groups in total. The van der Waals surface area contributed by atoms with Gasteiger partial charge in [0.05, 0.1) is 49.4 Å². The number of sulfonamides is 1. The summed E-state index contributed by atoms with van der Waals surface area (Å²) < 4.78 is 97.7. The average molecular weight is 900 g/mol. The Bertz CT molecular complexity index is 2020. The molecule has 20 heteroatoms. The van der Waals surface area contributed by atoms with Crippen molar-refractivity contribution in [2.75, 3.05) is 57.7 Å². The highest BCUT2D eigenvalue weighted by Gasteiger charge is 2.47. The smallest absolute Gasteiger partial charge is 0.407 e. The maximum atomic E-state index is 15.4. The Balaban J connectivity index is 1.39. The third-order valence-electron chi connectivity index (χ3n) is 9.92. The quantitative estimate of drug-likeness (QED) is 0.0798. The second kappa shape index (κ2) is 21.3. The second-order valence-electron chi connectivity index (χ2n) is 16.6. The Morgan fingerprint density at radius 1 is 1.08 bits per heavy atom. The first-order valence-corrected chi connectivity index (χ1v) is 24.0. The van der Waals surface area contributed by atoms with Crippen LogP contribution >= 0.6 is 7.60 Å². The molecule has 0 unspecified atom stereocenters. The van der Waals surface area contributed by atoms with Crippen molar-refractivity contribution >= 4 is 40.8 Å². The first-order chi connectivity index (χ1) is 28.8.